The molecule has 1 N–H and O–H groups in total. The van der Waals surface area contributed by atoms with Gasteiger partial charge in [-0.2, -0.15) is 8.42 Å². The van der Waals surface area contributed by atoms with Crippen LogP contribution < -0.4 is 10.1 Å². The lowest BCUT2D eigenvalue weighted by molar-refractivity contribution is -0.115. The van der Waals surface area contributed by atoms with E-state index in [-0.39, 0.29) is 18.9 Å². The highest BCUT2D eigenvalue weighted by Crippen LogP contribution is 2.17. The molecule has 0 radical (unpaired) electrons. The first-order valence-corrected chi connectivity index (χ1v) is 15.6. The molecule has 6 nitrogen and oxygen atoms in total. The van der Waals surface area contributed by atoms with Gasteiger partial charge < -0.3 is 10.1 Å². The van der Waals surface area contributed by atoms with E-state index in [1.807, 2.05) is 24.3 Å². The van der Waals surface area contributed by atoms with E-state index in [4.69, 9.17) is 8.92 Å². The van der Waals surface area contributed by atoms with E-state index in [1.165, 1.54) is 70.6 Å². The van der Waals surface area contributed by atoms with E-state index in [2.05, 4.69) is 12.2 Å². The molecule has 0 atom stereocenters. The summed E-state index contributed by atoms with van der Waals surface area (Å²) in [5.41, 5.74) is 2.14. The first-order valence-electron chi connectivity index (χ1n) is 13.8. The molecule has 0 aromatic heterocycles. The second-order valence-corrected chi connectivity index (χ2v) is 11.4. The topological polar surface area (TPSA) is 81.7 Å². The second kappa shape index (κ2) is 18.0. The van der Waals surface area contributed by atoms with Gasteiger partial charge in [0.05, 0.1) is 25.9 Å². The summed E-state index contributed by atoms with van der Waals surface area (Å²) in [6.07, 6.45) is 17.0. The first kappa shape index (κ1) is 30.8. The van der Waals surface area contributed by atoms with E-state index in [9.17, 15) is 13.2 Å². The Hall–Kier alpha value is -2.38. The molecule has 2 aromatic rings. The standard InChI is InChI=1S/C30H45NO5S/c1-3-4-5-6-7-8-9-10-11-12-13-14-21-35-29-20-16-17-26(23-29)24-30(32)31-28-19-15-18-27(22-28)25-36-37(2,33)34/h15-20,22-23H,3-14,21,24-25H2,1-2H3,(H,31,32). The molecule has 0 aliphatic carbocycles. The zero-order valence-corrected chi connectivity index (χ0v) is 23.5. The molecule has 0 aliphatic heterocycles. The number of carbonyl (C=O) groups is 1. The van der Waals surface area contributed by atoms with E-state index in [0.717, 1.165) is 24.0 Å². The number of carbonyl (C=O) groups excluding carboxylic acids is 1. The predicted molar refractivity (Wildman–Crippen MR) is 151 cm³/mol. The summed E-state index contributed by atoms with van der Waals surface area (Å²) in [7, 11) is -3.52. The van der Waals surface area contributed by atoms with Crippen LogP contribution in [0.2, 0.25) is 0 Å². The van der Waals surface area contributed by atoms with Crippen molar-refractivity contribution in [3.63, 3.8) is 0 Å². The Morgan fingerprint density at radius 3 is 2.03 bits per heavy atom. The summed E-state index contributed by atoms with van der Waals surface area (Å²) in [5, 5.41) is 2.86. The van der Waals surface area contributed by atoms with Crippen LogP contribution in [-0.2, 0) is 32.1 Å². The van der Waals surface area contributed by atoms with Crippen LogP contribution in [0.5, 0.6) is 5.75 Å². The molecule has 0 heterocycles. The second-order valence-electron chi connectivity index (χ2n) is 9.78. The van der Waals surface area contributed by atoms with Crippen LogP contribution in [0.4, 0.5) is 5.69 Å². The van der Waals surface area contributed by atoms with E-state index in [0.29, 0.717) is 17.9 Å². The quantitative estimate of drug-likeness (QED) is 0.142. The van der Waals surface area contributed by atoms with Crippen molar-refractivity contribution in [3.8, 4) is 5.75 Å². The Kier molecular flexibility index (Phi) is 15.0. The van der Waals surface area contributed by atoms with Crippen LogP contribution in [0, 0.1) is 0 Å². The molecule has 37 heavy (non-hydrogen) atoms. The molecule has 0 spiro atoms. The zero-order valence-electron chi connectivity index (χ0n) is 22.7. The highest BCUT2D eigenvalue weighted by Gasteiger charge is 2.08. The van der Waals surface area contributed by atoms with Gasteiger partial charge in [-0.1, -0.05) is 102 Å². The van der Waals surface area contributed by atoms with Gasteiger partial charge in [-0.05, 0) is 41.8 Å². The number of benzene rings is 2. The van der Waals surface area contributed by atoms with Gasteiger partial charge in [0.2, 0.25) is 5.91 Å². The lowest BCUT2D eigenvalue weighted by atomic mass is 10.1. The maximum absolute atomic E-state index is 12.5. The summed E-state index contributed by atoms with van der Waals surface area (Å²) < 4.78 is 33.1. The number of hydrogen-bond acceptors (Lipinski definition) is 5. The van der Waals surface area contributed by atoms with Crippen LogP contribution in [0.15, 0.2) is 48.5 Å². The summed E-state index contributed by atoms with van der Waals surface area (Å²) >= 11 is 0. The fourth-order valence-electron chi connectivity index (χ4n) is 4.18. The monoisotopic (exact) mass is 531 g/mol. The maximum atomic E-state index is 12.5. The molecule has 1 amide bonds. The molecule has 7 heteroatoms. The van der Waals surface area contributed by atoms with Crippen molar-refractivity contribution < 1.29 is 22.1 Å². The van der Waals surface area contributed by atoms with Gasteiger partial charge in [0.1, 0.15) is 5.75 Å². The van der Waals surface area contributed by atoms with Gasteiger partial charge in [-0.15, -0.1) is 0 Å². The minimum Gasteiger partial charge on any atom is -0.494 e. The Bertz CT molecular complexity index is 1020. The van der Waals surface area contributed by atoms with Gasteiger partial charge in [-0.3, -0.25) is 8.98 Å². The van der Waals surface area contributed by atoms with Crippen molar-refractivity contribution in [2.24, 2.45) is 0 Å². The third kappa shape index (κ3) is 15.5. The number of anilines is 1. The largest absolute Gasteiger partial charge is 0.494 e. The van der Waals surface area contributed by atoms with Gasteiger partial charge in [0.25, 0.3) is 10.1 Å². The SMILES string of the molecule is CCCCCCCCCCCCCCOc1cccc(CC(=O)Nc2cccc(COS(C)(=O)=O)c2)c1. The summed E-state index contributed by atoms with van der Waals surface area (Å²) in [6, 6.07) is 14.6. The van der Waals surface area contributed by atoms with E-state index < -0.39 is 10.1 Å². The highest BCUT2D eigenvalue weighted by atomic mass is 32.2. The van der Waals surface area contributed by atoms with Crippen LogP contribution in [0.3, 0.4) is 0 Å². The Morgan fingerprint density at radius 2 is 1.38 bits per heavy atom. The maximum Gasteiger partial charge on any atom is 0.264 e. The molecule has 0 aliphatic rings. The lowest BCUT2D eigenvalue weighted by Crippen LogP contribution is -2.14. The number of hydrogen-bond donors (Lipinski definition) is 1. The summed E-state index contributed by atoms with van der Waals surface area (Å²) in [4.78, 5) is 12.5. The molecule has 0 unspecified atom stereocenters. The number of unbranched alkanes of at least 4 members (excludes halogenated alkanes) is 11. The third-order valence-corrected chi connectivity index (χ3v) is 6.73. The molecule has 2 aromatic carbocycles. The molecule has 0 bridgehead atoms. The average Bonchev–Trinajstić information content (AvgIpc) is 2.85. The van der Waals surface area contributed by atoms with Crippen LogP contribution in [0.25, 0.3) is 0 Å². The van der Waals surface area contributed by atoms with Gasteiger partial charge in [0.15, 0.2) is 0 Å². The van der Waals surface area contributed by atoms with E-state index >= 15 is 0 Å². The molecule has 0 saturated carbocycles. The summed E-state index contributed by atoms with van der Waals surface area (Å²) in [5.74, 6) is 0.632. The Balaban J connectivity index is 1.61. The highest BCUT2D eigenvalue weighted by molar-refractivity contribution is 7.85. The van der Waals surface area contributed by atoms with Gasteiger partial charge >= 0.3 is 0 Å². The third-order valence-electron chi connectivity index (χ3n) is 6.18. The molecule has 2 rings (SSSR count). The van der Waals surface area contributed by atoms with E-state index in [1.54, 1.807) is 24.3 Å². The predicted octanol–water partition coefficient (Wildman–Crippen LogP) is 7.42. The molecular formula is C30H45NO5S. The fraction of sp³-hybridized carbons (Fsp3) is 0.567. The molecule has 206 valence electrons. The lowest BCUT2D eigenvalue weighted by Gasteiger charge is -2.10. The van der Waals surface area contributed by atoms with Crippen molar-refractivity contribution >= 4 is 21.7 Å². The molecule has 0 fully saturated rings. The fourth-order valence-corrected chi connectivity index (χ4v) is 4.53. The normalized spacial score (nSPS) is 11.4. The van der Waals surface area contributed by atoms with Crippen LogP contribution in [0.1, 0.15) is 95.1 Å². The van der Waals surface area contributed by atoms with Crippen LogP contribution >= 0.6 is 0 Å². The molecular weight excluding hydrogens is 486 g/mol. The Labute approximate surface area is 224 Å². The van der Waals surface area contributed by atoms with Crippen molar-refractivity contribution in [1.82, 2.24) is 0 Å². The molecule has 0 saturated heterocycles. The van der Waals surface area contributed by atoms with Crippen molar-refractivity contribution in [1.29, 1.82) is 0 Å². The minimum absolute atomic E-state index is 0.0683. The van der Waals surface area contributed by atoms with Crippen molar-refractivity contribution in [2.45, 2.75) is 97.0 Å². The van der Waals surface area contributed by atoms with Crippen molar-refractivity contribution in [2.75, 3.05) is 18.2 Å². The first-order chi connectivity index (χ1) is 17.9. The van der Waals surface area contributed by atoms with Crippen molar-refractivity contribution in [3.05, 3.63) is 59.7 Å². The zero-order chi connectivity index (χ0) is 26.8. The van der Waals surface area contributed by atoms with Gasteiger partial charge in [0, 0.05) is 5.69 Å². The van der Waals surface area contributed by atoms with Gasteiger partial charge in [-0.25, -0.2) is 0 Å². The number of ether oxygens (including phenoxy) is 1. The summed E-state index contributed by atoms with van der Waals surface area (Å²) in [6.45, 7) is 2.88. The van der Waals surface area contributed by atoms with Crippen LogP contribution in [-0.4, -0.2) is 27.2 Å². The Morgan fingerprint density at radius 1 is 0.784 bits per heavy atom. The smallest absolute Gasteiger partial charge is 0.264 e. The number of nitrogens with one attached hydrogen (secondary N) is 1. The minimum atomic E-state index is -3.52. The average molecular weight is 532 g/mol. The number of rotatable bonds is 20. The number of amides is 1.